The van der Waals surface area contributed by atoms with Crippen LogP contribution in [0.15, 0.2) is 18.2 Å². The number of anilines is 1. The van der Waals surface area contributed by atoms with Crippen LogP contribution >= 0.6 is 11.6 Å². The maximum Gasteiger partial charge on any atom is 0.288 e. The maximum absolute atomic E-state index is 10.8. The van der Waals surface area contributed by atoms with Crippen molar-refractivity contribution < 1.29 is 4.92 Å². The van der Waals surface area contributed by atoms with E-state index in [1.165, 1.54) is 6.07 Å². The van der Waals surface area contributed by atoms with Crippen LogP contribution in [0.2, 0.25) is 5.02 Å². The standard InChI is InChI=1S/C16H23ClN4O2/c1-18-8-10-20(11-9-18)13-4-6-19(7-5-13)14-2-3-16(21(22)23)15(17)12-14/h2-3,12-13H,4-11H2,1H3. The van der Waals surface area contributed by atoms with Crippen LogP contribution in [-0.4, -0.2) is 67.1 Å². The summed E-state index contributed by atoms with van der Waals surface area (Å²) in [5.41, 5.74) is 0.958. The van der Waals surface area contributed by atoms with Gasteiger partial charge in [-0.2, -0.15) is 0 Å². The highest BCUT2D eigenvalue weighted by molar-refractivity contribution is 6.32. The maximum atomic E-state index is 10.8. The van der Waals surface area contributed by atoms with Gasteiger partial charge in [0.1, 0.15) is 5.02 Å². The number of piperazine rings is 1. The van der Waals surface area contributed by atoms with Gasteiger partial charge in [0, 0.05) is 57.1 Å². The van der Waals surface area contributed by atoms with Crippen molar-refractivity contribution in [2.24, 2.45) is 0 Å². The number of rotatable bonds is 3. The Bertz CT molecular complexity index is 567. The molecule has 126 valence electrons. The van der Waals surface area contributed by atoms with Crippen molar-refractivity contribution in [1.29, 1.82) is 0 Å². The van der Waals surface area contributed by atoms with Gasteiger partial charge in [0.2, 0.25) is 0 Å². The lowest BCUT2D eigenvalue weighted by molar-refractivity contribution is -0.384. The highest BCUT2D eigenvalue weighted by atomic mass is 35.5. The SMILES string of the molecule is CN1CCN(C2CCN(c3ccc([N+](=O)[O-])c(Cl)c3)CC2)CC1. The average molecular weight is 339 g/mol. The van der Waals surface area contributed by atoms with Crippen molar-refractivity contribution in [3.63, 3.8) is 0 Å². The Morgan fingerprint density at radius 1 is 1.13 bits per heavy atom. The molecule has 2 fully saturated rings. The van der Waals surface area contributed by atoms with Crippen LogP contribution < -0.4 is 4.90 Å². The van der Waals surface area contributed by atoms with Crippen LogP contribution in [0.1, 0.15) is 12.8 Å². The Kier molecular flexibility index (Phi) is 5.04. The first kappa shape index (κ1) is 16.5. The number of hydrogen-bond donors (Lipinski definition) is 0. The molecule has 3 rings (SSSR count). The van der Waals surface area contributed by atoms with E-state index in [1.54, 1.807) is 12.1 Å². The van der Waals surface area contributed by atoms with Gasteiger partial charge in [-0.15, -0.1) is 0 Å². The third kappa shape index (κ3) is 3.76. The number of halogens is 1. The van der Waals surface area contributed by atoms with Gasteiger partial charge in [0.15, 0.2) is 0 Å². The van der Waals surface area contributed by atoms with Crippen LogP contribution in [-0.2, 0) is 0 Å². The molecule has 0 radical (unpaired) electrons. The van der Waals surface area contributed by atoms with Crippen LogP contribution in [0.25, 0.3) is 0 Å². The smallest absolute Gasteiger partial charge is 0.288 e. The van der Waals surface area contributed by atoms with Crippen LogP contribution in [0.4, 0.5) is 11.4 Å². The molecular weight excluding hydrogens is 316 g/mol. The van der Waals surface area contributed by atoms with Gasteiger partial charge in [0.25, 0.3) is 5.69 Å². The van der Waals surface area contributed by atoms with E-state index in [0.29, 0.717) is 6.04 Å². The van der Waals surface area contributed by atoms with Crippen molar-refractivity contribution >= 4 is 23.0 Å². The van der Waals surface area contributed by atoms with Gasteiger partial charge < -0.3 is 9.80 Å². The fourth-order valence-electron chi connectivity index (χ4n) is 3.52. The molecule has 0 N–H and O–H groups in total. The third-order valence-electron chi connectivity index (χ3n) is 5.01. The molecule has 0 amide bonds. The first-order valence-electron chi connectivity index (χ1n) is 8.16. The second-order valence-corrected chi connectivity index (χ2v) is 6.86. The van der Waals surface area contributed by atoms with E-state index in [9.17, 15) is 10.1 Å². The predicted molar refractivity (Wildman–Crippen MR) is 92.4 cm³/mol. The van der Waals surface area contributed by atoms with Crippen molar-refractivity contribution in [2.75, 3.05) is 51.2 Å². The molecule has 1 aromatic carbocycles. The van der Waals surface area contributed by atoms with Crippen molar-refractivity contribution in [3.8, 4) is 0 Å². The molecule has 7 heteroatoms. The largest absolute Gasteiger partial charge is 0.371 e. The molecule has 1 aromatic rings. The number of likely N-dealkylation sites (N-methyl/N-ethyl adjacent to an activating group) is 1. The molecule has 6 nitrogen and oxygen atoms in total. The predicted octanol–water partition coefficient (Wildman–Crippen LogP) is 2.46. The Labute approximate surface area is 141 Å². The fraction of sp³-hybridized carbons (Fsp3) is 0.625. The summed E-state index contributed by atoms with van der Waals surface area (Å²) in [7, 11) is 2.18. The molecule has 23 heavy (non-hydrogen) atoms. The summed E-state index contributed by atoms with van der Waals surface area (Å²) < 4.78 is 0. The minimum atomic E-state index is -0.439. The lowest BCUT2D eigenvalue weighted by atomic mass is 10.0. The van der Waals surface area contributed by atoms with Gasteiger partial charge in [-0.1, -0.05) is 11.6 Å². The second kappa shape index (κ2) is 7.03. The molecule has 2 saturated heterocycles. The Balaban J connectivity index is 1.58. The number of nitrogens with zero attached hydrogens (tertiary/aromatic N) is 4. The van der Waals surface area contributed by atoms with Gasteiger partial charge in [-0.05, 0) is 32.0 Å². The van der Waals surface area contributed by atoms with E-state index in [-0.39, 0.29) is 10.7 Å². The summed E-state index contributed by atoms with van der Waals surface area (Å²) in [4.78, 5) is 17.7. The van der Waals surface area contributed by atoms with Crippen LogP contribution in [0, 0.1) is 10.1 Å². The summed E-state index contributed by atoms with van der Waals surface area (Å²) >= 11 is 6.03. The van der Waals surface area contributed by atoms with E-state index in [1.807, 2.05) is 0 Å². The van der Waals surface area contributed by atoms with Crippen LogP contribution in [0.3, 0.4) is 0 Å². The van der Waals surface area contributed by atoms with Gasteiger partial charge in [-0.3, -0.25) is 15.0 Å². The molecule has 0 unspecified atom stereocenters. The summed E-state index contributed by atoms with van der Waals surface area (Å²) in [6.45, 7) is 6.57. The van der Waals surface area contributed by atoms with Crippen molar-refractivity contribution in [1.82, 2.24) is 9.80 Å². The fourth-order valence-corrected chi connectivity index (χ4v) is 3.76. The Hall–Kier alpha value is -1.37. The lowest BCUT2D eigenvalue weighted by Crippen LogP contribution is -2.52. The van der Waals surface area contributed by atoms with E-state index < -0.39 is 4.92 Å². The quantitative estimate of drug-likeness (QED) is 0.626. The topological polar surface area (TPSA) is 52.9 Å². The second-order valence-electron chi connectivity index (χ2n) is 6.45. The Morgan fingerprint density at radius 2 is 1.78 bits per heavy atom. The average Bonchev–Trinajstić information content (AvgIpc) is 2.55. The van der Waals surface area contributed by atoms with Crippen molar-refractivity contribution in [2.45, 2.75) is 18.9 Å². The number of hydrogen-bond acceptors (Lipinski definition) is 5. The van der Waals surface area contributed by atoms with E-state index in [2.05, 4.69) is 21.7 Å². The highest BCUT2D eigenvalue weighted by Gasteiger charge is 2.27. The first-order valence-corrected chi connectivity index (χ1v) is 8.54. The highest BCUT2D eigenvalue weighted by Crippen LogP contribution is 2.31. The molecule has 2 aliphatic rings. The zero-order chi connectivity index (χ0) is 16.4. The minimum Gasteiger partial charge on any atom is -0.371 e. The Morgan fingerprint density at radius 3 is 2.35 bits per heavy atom. The normalized spacial score (nSPS) is 21.6. The van der Waals surface area contributed by atoms with E-state index >= 15 is 0 Å². The first-order chi connectivity index (χ1) is 11.0. The summed E-state index contributed by atoms with van der Waals surface area (Å²) in [5, 5.41) is 11.1. The lowest BCUT2D eigenvalue weighted by Gasteiger charge is -2.42. The molecule has 0 aliphatic carbocycles. The zero-order valence-electron chi connectivity index (χ0n) is 13.4. The molecular formula is C16H23ClN4O2. The zero-order valence-corrected chi connectivity index (χ0v) is 14.2. The molecule has 0 bridgehead atoms. The minimum absolute atomic E-state index is 0.0252. The number of nitro groups is 1. The summed E-state index contributed by atoms with van der Waals surface area (Å²) in [6.07, 6.45) is 2.27. The van der Waals surface area contributed by atoms with Gasteiger partial charge in [-0.25, -0.2) is 0 Å². The monoisotopic (exact) mass is 338 g/mol. The van der Waals surface area contributed by atoms with E-state index in [4.69, 9.17) is 11.6 Å². The van der Waals surface area contributed by atoms with Crippen molar-refractivity contribution in [3.05, 3.63) is 33.3 Å². The van der Waals surface area contributed by atoms with E-state index in [0.717, 1.165) is 57.8 Å². The van der Waals surface area contributed by atoms with Gasteiger partial charge >= 0.3 is 0 Å². The van der Waals surface area contributed by atoms with Crippen LogP contribution in [0.5, 0.6) is 0 Å². The molecule has 2 aliphatic heterocycles. The third-order valence-corrected chi connectivity index (χ3v) is 5.31. The molecule has 2 heterocycles. The number of benzene rings is 1. The summed E-state index contributed by atoms with van der Waals surface area (Å²) in [5.74, 6) is 0. The van der Waals surface area contributed by atoms with Gasteiger partial charge in [0.05, 0.1) is 4.92 Å². The molecule has 0 atom stereocenters. The number of piperidine rings is 1. The molecule has 0 aromatic heterocycles. The molecule has 0 spiro atoms. The number of nitro benzene ring substituents is 1. The summed E-state index contributed by atoms with van der Waals surface area (Å²) in [6, 6.07) is 5.69. The molecule has 0 saturated carbocycles.